The molecule has 0 bridgehead atoms. The summed E-state index contributed by atoms with van der Waals surface area (Å²) in [5.74, 6) is -0.0491. The lowest BCUT2D eigenvalue weighted by Gasteiger charge is -2.31. The summed E-state index contributed by atoms with van der Waals surface area (Å²) >= 11 is 0. The highest BCUT2D eigenvalue weighted by molar-refractivity contribution is 5.87. The summed E-state index contributed by atoms with van der Waals surface area (Å²) in [6.45, 7) is 0. The summed E-state index contributed by atoms with van der Waals surface area (Å²) in [6.07, 6.45) is -2.47. The minimum Gasteiger partial charge on any atom is -0.497 e. The van der Waals surface area contributed by atoms with Crippen LogP contribution in [0.15, 0.2) is 73.1 Å². The number of alkyl halides is 3. The van der Waals surface area contributed by atoms with E-state index in [1.165, 1.54) is 66.5 Å². The molecule has 5 nitrogen and oxygen atoms in total. The zero-order valence-electron chi connectivity index (χ0n) is 17.2. The van der Waals surface area contributed by atoms with Crippen molar-refractivity contribution in [2.45, 2.75) is 11.8 Å². The third-order valence-corrected chi connectivity index (χ3v) is 5.75. The van der Waals surface area contributed by atoms with Crippen molar-refractivity contribution in [3.05, 3.63) is 90.0 Å². The van der Waals surface area contributed by atoms with Crippen molar-refractivity contribution in [1.29, 1.82) is 0 Å². The fourth-order valence-corrected chi connectivity index (χ4v) is 4.04. The molecule has 0 spiro atoms. The third kappa shape index (κ3) is 3.23. The second-order valence-corrected chi connectivity index (χ2v) is 7.63. The van der Waals surface area contributed by atoms with Gasteiger partial charge in [-0.3, -0.25) is 0 Å². The molecule has 168 valence electrons. The largest absolute Gasteiger partial charge is 0.497 e. The van der Waals surface area contributed by atoms with Crippen LogP contribution >= 0.6 is 0 Å². The van der Waals surface area contributed by atoms with Crippen molar-refractivity contribution in [2.75, 3.05) is 7.11 Å². The van der Waals surface area contributed by atoms with Crippen LogP contribution in [0.5, 0.6) is 5.75 Å². The number of benzene rings is 3. The summed E-state index contributed by atoms with van der Waals surface area (Å²) in [6, 6.07) is 14.1. The summed E-state index contributed by atoms with van der Waals surface area (Å²) in [5, 5.41) is 16.0. The number of hydrogen-bond acceptors (Lipinski definition) is 3. The highest BCUT2D eigenvalue weighted by Gasteiger charge is 2.57. The van der Waals surface area contributed by atoms with E-state index in [9.17, 15) is 22.7 Å². The lowest BCUT2D eigenvalue weighted by molar-refractivity contribution is -0.247. The van der Waals surface area contributed by atoms with Gasteiger partial charge < -0.3 is 14.8 Å². The molecule has 1 atom stereocenters. The number of H-pyrrole nitrogens is 1. The first kappa shape index (κ1) is 21.0. The predicted molar refractivity (Wildman–Crippen MR) is 115 cm³/mol. The molecule has 2 aromatic heterocycles. The fraction of sp³-hybridized carbons (Fsp3) is 0.125. The summed E-state index contributed by atoms with van der Waals surface area (Å²) in [5.41, 5.74) is -2.49. The van der Waals surface area contributed by atoms with Gasteiger partial charge in [0, 0.05) is 28.0 Å². The lowest BCUT2D eigenvalue weighted by Crippen LogP contribution is -2.43. The number of rotatable bonds is 4. The SMILES string of the molecule is COc1ccc2[nH]cc(C(O)(c3ccc4c(cnn4-c4ccc(F)cc4)c3)C(F)(F)F)c2c1. The molecule has 1 unspecified atom stereocenters. The molecule has 3 aromatic carbocycles. The van der Waals surface area contributed by atoms with Gasteiger partial charge in [-0.25, -0.2) is 9.07 Å². The van der Waals surface area contributed by atoms with Crippen LogP contribution in [0.4, 0.5) is 17.6 Å². The van der Waals surface area contributed by atoms with E-state index < -0.39 is 17.6 Å². The molecule has 2 N–H and O–H groups in total. The van der Waals surface area contributed by atoms with Crippen LogP contribution in [-0.2, 0) is 5.60 Å². The lowest BCUT2D eigenvalue weighted by atomic mass is 9.85. The number of hydrogen-bond donors (Lipinski definition) is 2. The van der Waals surface area contributed by atoms with Gasteiger partial charge in [-0.15, -0.1) is 0 Å². The van der Waals surface area contributed by atoms with E-state index in [1.807, 2.05) is 0 Å². The molecule has 0 saturated heterocycles. The van der Waals surface area contributed by atoms with Crippen molar-refractivity contribution < 1.29 is 27.4 Å². The highest BCUT2D eigenvalue weighted by atomic mass is 19.4. The maximum absolute atomic E-state index is 14.4. The number of nitrogens with one attached hydrogen (secondary N) is 1. The van der Waals surface area contributed by atoms with Crippen LogP contribution in [0.25, 0.3) is 27.5 Å². The zero-order chi connectivity index (χ0) is 23.4. The molecule has 5 rings (SSSR count). The van der Waals surface area contributed by atoms with Crippen LogP contribution in [-0.4, -0.2) is 33.2 Å². The first-order valence-electron chi connectivity index (χ1n) is 9.91. The molecule has 9 heteroatoms. The quantitative estimate of drug-likeness (QED) is 0.354. The van der Waals surface area contributed by atoms with Crippen LogP contribution in [0.3, 0.4) is 0 Å². The van der Waals surface area contributed by atoms with Crippen LogP contribution in [0.1, 0.15) is 11.1 Å². The Morgan fingerprint density at radius 1 is 1.00 bits per heavy atom. The number of halogens is 4. The van der Waals surface area contributed by atoms with Gasteiger partial charge in [-0.2, -0.15) is 18.3 Å². The molecule has 0 aliphatic heterocycles. The Bertz CT molecular complexity index is 1470. The molecule has 0 fully saturated rings. The molecular formula is C24H17F4N3O2. The molecular weight excluding hydrogens is 438 g/mol. The van der Waals surface area contributed by atoms with Gasteiger partial charge in [0.1, 0.15) is 11.6 Å². The Labute approximate surface area is 184 Å². The second kappa shape index (κ2) is 7.35. The number of fused-ring (bicyclic) bond motifs is 2. The van der Waals surface area contributed by atoms with Crippen molar-refractivity contribution in [1.82, 2.24) is 14.8 Å². The number of aromatic amines is 1. The topological polar surface area (TPSA) is 63.1 Å². The number of ether oxygens (including phenoxy) is 1. The van der Waals surface area contributed by atoms with Gasteiger partial charge in [-0.1, -0.05) is 6.07 Å². The Morgan fingerprint density at radius 2 is 1.76 bits per heavy atom. The Kier molecular flexibility index (Phi) is 4.68. The molecule has 0 aliphatic rings. The van der Waals surface area contributed by atoms with Gasteiger partial charge in [-0.05, 0) is 60.2 Å². The molecule has 0 amide bonds. The van der Waals surface area contributed by atoms with Crippen molar-refractivity contribution in [3.63, 3.8) is 0 Å². The number of aliphatic hydroxyl groups is 1. The van der Waals surface area contributed by atoms with Crippen molar-refractivity contribution in [2.24, 2.45) is 0 Å². The predicted octanol–water partition coefficient (Wildman–Crippen LogP) is 5.45. The number of aromatic nitrogens is 3. The summed E-state index contributed by atoms with van der Waals surface area (Å²) < 4.78 is 63.2. The molecule has 0 aliphatic carbocycles. The molecule has 5 aromatic rings. The first-order valence-corrected chi connectivity index (χ1v) is 9.91. The van der Waals surface area contributed by atoms with E-state index in [1.54, 1.807) is 12.1 Å². The van der Waals surface area contributed by atoms with Crippen LogP contribution in [0, 0.1) is 5.82 Å². The van der Waals surface area contributed by atoms with E-state index >= 15 is 0 Å². The summed E-state index contributed by atoms with van der Waals surface area (Å²) in [7, 11) is 1.41. The van der Waals surface area contributed by atoms with E-state index in [0.29, 0.717) is 27.9 Å². The fourth-order valence-electron chi connectivity index (χ4n) is 4.04. The van der Waals surface area contributed by atoms with E-state index in [2.05, 4.69) is 10.1 Å². The highest BCUT2D eigenvalue weighted by Crippen LogP contribution is 2.47. The van der Waals surface area contributed by atoms with Crippen LogP contribution in [0.2, 0.25) is 0 Å². The van der Waals surface area contributed by atoms with Crippen molar-refractivity contribution >= 4 is 21.8 Å². The minimum atomic E-state index is -5.02. The monoisotopic (exact) mass is 455 g/mol. The summed E-state index contributed by atoms with van der Waals surface area (Å²) in [4.78, 5) is 2.79. The van der Waals surface area contributed by atoms with Crippen molar-refractivity contribution in [3.8, 4) is 11.4 Å². The smallest absolute Gasteiger partial charge is 0.425 e. The number of methoxy groups -OCH3 is 1. The Hall–Kier alpha value is -3.85. The zero-order valence-corrected chi connectivity index (χ0v) is 17.2. The molecule has 33 heavy (non-hydrogen) atoms. The van der Waals surface area contributed by atoms with Gasteiger partial charge in [0.25, 0.3) is 0 Å². The Balaban J connectivity index is 1.69. The van der Waals surface area contributed by atoms with Gasteiger partial charge >= 0.3 is 6.18 Å². The maximum atomic E-state index is 14.4. The minimum absolute atomic E-state index is 0.191. The van der Waals surface area contributed by atoms with Gasteiger partial charge in [0.05, 0.1) is 24.5 Å². The van der Waals surface area contributed by atoms with Crippen LogP contribution < -0.4 is 4.74 Å². The molecule has 0 saturated carbocycles. The maximum Gasteiger partial charge on any atom is 0.425 e. The van der Waals surface area contributed by atoms with Gasteiger partial charge in [0.2, 0.25) is 5.60 Å². The third-order valence-electron chi connectivity index (χ3n) is 5.75. The average molecular weight is 455 g/mol. The van der Waals surface area contributed by atoms with E-state index in [0.717, 1.165) is 6.20 Å². The van der Waals surface area contributed by atoms with Gasteiger partial charge in [0.15, 0.2) is 0 Å². The molecule has 0 radical (unpaired) electrons. The second-order valence-electron chi connectivity index (χ2n) is 7.63. The van der Waals surface area contributed by atoms with E-state index in [-0.39, 0.29) is 16.5 Å². The Morgan fingerprint density at radius 3 is 2.45 bits per heavy atom. The number of nitrogens with zero attached hydrogens (tertiary/aromatic N) is 2. The normalized spacial score (nSPS) is 14.0. The van der Waals surface area contributed by atoms with E-state index in [4.69, 9.17) is 4.74 Å². The average Bonchev–Trinajstić information content (AvgIpc) is 3.42. The first-order chi connectivity index (χ1) is 15.7. The standard InChI is InChI=1S/C24H17F4N3O2/c1-33-18-7-8-21-19(11-18)20(13-29-21)23(32,24(26,27)28)15-2-9-22-14(10-15)12-30-31(22)17-5-3-16(25)4-6-17/h2-13,29,32H,1H3. The molecule has 2 heterocycles.